The zero-order chi connectivity index (χ0) is 17.1. The van der Waals surface area contributed by atoms with Gasteiger partial charge in [0.05, 0.1) is 17.1 Å². The Morgan fingerprint density at radius 1 is 0.600 bits per heavy atom. The molecule has 1 N–H and O–H groups in total. The Labute approximate surface area is 145 Å². The average Bonchev–Trinajstić information content (AvgIpc) is 2.69. The van der Waals surface area contributed by atoms with E-state index in [2.05, 4.69) is 15.0 Å². The molecule has 0 aliphatic heterocycles. The van der Waals surface area contributed by atoms with E-state index < -0.39 is 0 Å². The molecule has 120 valence electrons. The van der Waals surface area contributed by atoms with Crippen LogP contribution in [0.1, 0.15) is 0 Å². The lowest BCUT2D eigenvalue weighted by Gasteiger charge is -2.13. The van der Waals surface area contributed by atoms with E-state index in [0.29, 0.717) is 11.3 Å². The number of aromatic hydroxyl groups is 1. The minimum atomic E-state index is 0.187. The van der Waals surface area contributed by atoms with Crippen molar-refractivity contribution >= 4 is 0 Å². The predicted octanol–water partition coefficient (Wildman–Crippen LogP) is 4.58. The van der Waals surface area contributed by atoms with Gasteiger partial charge in [0.25, 0.3) is 0 Å². The molecule has 3 aromatic heterocycles. The van der Waals surface area contributed by atoms with E-state index in [1.54, 1.807) is 24.7 Å². The molecular weight excluding hydrogens is 310 g/mol. The van der Waals surface area contributed by atoms with Crippen LogP contribution in [-0.4, -0.2) is 20.1 Å². The highest BCUT2D eigenvalue weighted by Crippen LogP contribution is 2.39. The van der Waals surface area contributed by atoms with Gasteiger partial charge in [0.15, 0.2) is 0 Å². The highest BCUT2D eigenvalue weighted by molar-refractivity contribution is 5.89. The van der Waals surface area contributed by atoms with Crippen LogP contribution < -0.4 is 0 Å². The van der Waals surface area contributed by atoms with Gasteiger partial charge in [0, 0.05) is 29.7 Å². The van der Waals surface area contributed by atoms with E-state index in [0.717, 1.165) is 22.5 Å². The summed E-state index contributed by atoms with van der Waals surface area (Å²) in [4.78, 5) is 13.5. The molecule has 0 aliphatic rings. The molecule has 0 amide bonds. The summed E-state index contributed by atoms with van der Waals surface area (Å²) in [6, 6.07) is 20.9. The fraction of sp³-hybridized carbons (Fsp3) is 0. The highest BCUT2D eigenvalue weighted by atomic mass is 16.3. The van der Waals surface area contributed by atoms with Gasteiger partial charge >= 0.3 is 0 Å². The third-order valence-corrected chi connectivity index (χ3v) is 3.96. The molecule has 3 heterocycles. The molecule has 0 atom stereocenters. The van der Waals surface area contributed by atoms with Crippen LogP contribution in [0.15, 0.2) is 85.3 Å². The van der Waals surface area contributed by atoms with E-state index in [1.807, 2.05) is 60.7 Å². The second-order valence-electron chi connectivity index (χ2n) is 5.53. The lowest BCUT2D eigenvalue weighted by Crippen LogP contribution is -1.95. The monoisotopic (exact) mass is 325 g/mol. The molecule has 0 fully saturated rings. The van der Waals surface area contributed by atoms with Crippen molar-refractivity contribution in [2.75, 3.05) is 0 Å². The summed E-state index contributed by atoms with van der Waals surface area (Å²) in [5.74, 6) is 0.187. The van der Waals surface area contributed by atoms with Gasteiger partial charge in [0.1, 0.15) is 5.75 Å². The number of benzene rings is 1. The smallest absolute Gasteiger partial charge is 0.127 e. The van der Waals surface area contributed by atoms with Crippen LogP contribution >= 0.6 is 0 Å². The minimum absolute atomic E-state index is 0.187. The van der Waals surface area contributed by atoms with Gasteiger partial charge in [-0.2, -0.15) is 0 Å². The molecular formula is C21H15N3O. The van der Waals surface area contributed by atoms with Gasteiger partial charge in [-0.25, -0.2) is 0 Å². The molecule has 0 spiro atoms. The predicted molar refractivity (Wildman–Crippen MR) is 97.8 cm³/mol. The van der Waals surface area contributed by atoms with Crippen LogP contribution in [0.5, 0.6) is 5.75 Å². The van der Waals surface area contributed by atoms with E-state index in [-0.39, 0.29) is 5.75 Å². The van der Waals surface area contributed by atoms with Crippen molar-refractivity contribution in [3.63, 3.8) is 0 Å². The maximum atomic E-state index is 10.5. The van der Waals surface area contributed by atoms with Crippen molar-refractivity contribution in [3.8, 4) is 39.5 Å². The fourth-order valence-electron chi connectivity index (χ4n) is 2.85. The van der Waals surface area contributed by atoms with E-state index in [9.17, 15) is 5.11 Å². The normalized spacial score (nSPS) is 10.6. The van der Waals surface area contributed by atoms with Gasteiger partial charge in [0.2, 0.25) is 0 Å². The highest BCUT2D eigenvalue weighted by Gasteiger charge is 2.17. The summed E-state index contributed by atoms with van der Waals surface area (Å²) in [5.41, 5.74) is 4.60. The zero-order valence-electron chi connectivity index (χ0n) is 13.4. The Bertz CT molecular complexity index is 1000. The molecule has 4 rings (SSSR count). The number of hydrogen-bond donors (Lipinski definition) is 1. The molecule has 4 heteroatoms. The van der Waals surface area contributed by atoms with Crippen molar-refractivity contribution in [2.24, 2.45) is 0 Å². The zero-order valence-corrected chi connectivity index (χ0v) is 13.4. The summed E-state index contributed by atoms with van der Waals surface area (Å²) in [5, 5.41) is 10.5. The van der Waals surface area contributed by atoms with Gasteiger partial charge in [-0.15, -0.1) is 0 Å². The molecule has 0 saturated carbocycles. The van der Waals surface area contributed by atoms with Crippen LogP contribution in [0, 0.1) is 0 Å². The Balaban J connectivity index is 1.98. The Morgan fingerprint density at radius 2 is 1.36 bits per heavy atom. The first-order chi connectivity index (χ1) is 12.3. The second kappa shape index (κ2) is 6.53. The van der Waals surface area contributed by atoms with Crippen LogP contribution in [-0.2, 0) is 0 Å². The van der Waals surface area contributed by atoms with E-state index >= 15 is 0 Å². The van der Waals surface area contributed by atoms with Gasteiger partial charge in [-0.05, 0) is 35.9 Å². The Morgan fingerprint density at radius 3 is 2.16 bits per heavy atom. The first-order valence-corrected chi connectivity index (χ1v) is 7.95. The number of nitrogens with zero attached hydrogens (tertiary/aromatic N) is 3. The summed E-state index contributed by atoms with van der Waals surface area (Å²) >= 11 is 0. The topological polar surface area (TPSA) is 58.9 Å². The molecule has 25 heavy (non-hydrogen) atoms. The van der Waals surface area contributed by atoms with Crippen molar-refractivity contribution < 1.29 is 5.11 Å². The molecule has 0 radical (unpaired) electrons. The quantitative estimate of drug-likeness (QED) is 0.599. The summed E-state index contributed by atoms with van der Waals surface area (Å²) in [6.07, 6.45) is 5.08. The van der Waals surface area contributed by atoms with E-state index in [1.165, 1.54) is 0 Å². The van der Waals surface area contributed by atoms with Crippen LogP contribution in [0.4, 0.5) is 0 Å². The molecule has 0 saturated heterocycles. The average molecular weight is 325 g/mol. The van der Waals surface area contributed by atoms with Crippen LogP contribution in [0.25, 0.3) is 33.8 Å². The van der Waals surface area contributed by atoms with E-state index in [4.69, 9.17) is 0 Å². The van der Waals surface area contributed by atoms with Crippen molar-refractivity contribution in [2.45, 2.75) is 0 Å². The number of hydrogen-bond acceptors (Lipinski definition) is 4. The lowest BCUT2D eigenvalue weighted by atomic mass is 9.96. The standard InChI is InChI=1S/C21H15N3O/c25-18-11-14-24-21(19(18)15-7-2-1-3-8-15)16-9-6-13-23-20(16)17-10-4-5-12-22-17/h1-14H,(H,24,25). The van der Waals surface area contributed by atoms with Gasteiger partial charge < -0.3 is 5.11 Å². The third-order valence-electron chi connectivity index (χ3n) is 3.96. The Kier molecular flexibility index (Phi) is 3.92. The van der Waals surface area contributed by atoms with Crippen molar-refractivity contribution in [3.05, 3.63) is 85.3 Å². The van der Waals surface area contributed by atoms with Gasteiger partial charge in [-0.1, -0.05) is 36.4 Å². The maximum absolute atomic E-state index is 10.5. The fourth-order valence-corrected chi connectivity index (χ4v) is 2.85. The van der Waals surface area contributed by atoms with Crippen molar-refractivity contribution in [1.82, 2.24) is 15.0 Å². The Hall–Kier alpha value is -3.53. The molecule has 4 nitrogen and oxygen atoms in total. The summed E-state index contributed by atoms with van der Waals surface area (Å²) < 4.78 is 0. The number of pyridine rings is 3. The summed E-state index contributed by atoms with van der Waals surface area (Å²) in [7, 11) is 0. The maximum Gasteiger partial charge on any atom is 0.127 e. The molecule has 4 aromatic rings. The molecule has 0 unspecified atom stereocenters. The molecule has 0 aliphatic carbocycles. The third kappa shape index (κ3) is 2.85. The lowest BCUT2D eigenvalue weighted by molar-refractivity contribution is 0.477. The molecule has 0 bridgehead atoms. The largest absolute Gasteiger partial charge is 0.507 e. The second-order valence-corrected chi connectivity index (χ2v) is 5.53. The SMILES string of the molecule is Oc1ccnc(-c2cccnc2-c2ccccn2)c1-c1ccccc1. The van der Waals surface area contributed by atoms with Gasteiger partial charge in [-0.3, -0.25) is 15.0 Å². The minimum Gasteiger partial charge on any atom is -0.507 e. The molecule has 1 aromatic carbocycles. The van der Waals surface area contributed by atoms with Crippen LogP contribution in [0.2, 0.25) is 0 Å². The van der Waals surface area contributed by atoms with Crippen molar-refractivity contribution in [1.29, 1.82) is 0 Å². The summed E-state index contributed by atoms with van der Waals surface area (Å²) in [6.45, 7) is 0. The van der Waals surface area contributed by atoms with Crippen LogP contribution in [0.3, 0.4) is 0 Å². The first-order valence-electron chi connectivity index (χ1n) is 7.95. The first kappa shape index (κ1) is 15.0. The number of aromatic nitrogens is 3. The number of rotatable bonds is 3.